The molecule has 0 radical (unpaired) electrons. The Bertz CT molecular complexity index is 554. The Hall–Kier alpha value is -1.21. The number of nitrogens with zero attached hydrogens (tertiary/aromatic N) is 4. The van der Waals surface area contributed by atoms with Crippen LogP contribution < -0.4 is 0 Å². The van der Waals surface area contributed by atoms with Crippen LogP contribution in [0.1, 0.15) is 17.3 Å². The first-order valence-corrected chi connectivity index (χ1v) is 6.94. The largest absolute Gasteiger partial charge is 0.293 e. The van der Waals surface area contributed by atoms with Gasteiger partial charge in [0.2, 0.25) is 5.16 Å². The maximum atomic E-state index is 12.2. The summed E-state index contributed by atoms with van der Waals surface area (Å²) in [7, 11) is 1.75. The van der Waals surface area contributed by atoms with E-state index in [1.165, 1.54) is 11.8 Å². The van der Waals surface area contributed by atoms with Gasteiger partial charge >= 0.3 is 0 Å². The van der Waals surface area contributed by atoms with E-state index in [0.29, 0.717) is 10.7 Å². The first kappa shape index (κ1) is 13.2. The zero-order valence-corrected chi connectivity index (χ0v) is 12.3. The summed E-state index contributed by atoms with van der Waals surface area (Å²) >= 11 is 4.69. The molecule has 5 nitrogen and oxygen atoms in total. The fourth-order valence-corrected chi connectivity index (χ4v) is 2.48. The number of hydrogen-bond donors (Lipinski definition) is 0. The van der Waals surface area contributed by atoms with Gasteiger partial charge in [-0.1, -0.05) is 39.8 Å². The molecular weight excluding hydrogens is 316 g/mol. The predicted octanol–water partition coefficient (Wildman–Crippen LogP) is 2.34. The number of hydrogen-bond acceptors (Lipinski definition) is 5. The maximum absolute atomic E-state index is 12.2. The molecule has 94 valence electrons. The molecule has 0 aliphatic rings. The van der Waals surface area contributed by atoms with Crippen molar-refractivity contribution in [3.63, 3.8) is 0 Å². The Kier molecular flexibility index (Phi) is 4.13. The Labute approximate surface area is 117 Å². The van der Waals surface area contributed by atoms with E-state index in [4.69, 9.17) is 0 Å². The first-order chi connectivity index (χ1) is 8.58. The number of aryl methyl sites for hydroxylation is 1. The van der Waals surface area contributed by atoms with Crippen molar-refractivity contribution in [1.82, 2.24) is 20.2 Å². The van der Waals surface area contributed by atoms with Crippen LogP contribution in [0.25, 0.3) is 0 Å². The fraction of sp³-hybridized carbons (Fsp3) is 0.273. The molecule has 0 fully saturated rings. The van der Waals surface area contributed by atoms with Gasteiger partial charge in [0, 0.05) is 17.1 Å². The molecule has 1 heterocycles. The van der Waals surface area contributed by atoms with E-state index in [1.54, 1.807) is 23.9 Å². The summed E-state index contributed by atoms with van der Waals surface area (Å²) in [4.78, 5) is 12.2. The molecule has 1 atom stereocenters. The van der Waals surface area contributed by atoms with E-state index < -0.39 is 0 Å². The van der Waals surface area contributed by atoms with Crippen molar-refractivity contribution < 1.29 is 4.79 Å². The van der Waals surface area contributed by atoms with Gasteiger partial charge in [-0.05, 0) is 29.5 Å². The van der Waals surface area contributed by atoms with Crippen LogP contribution in [-0.2, 0) is 7.05 Å². The maximum Gasteiger partial charge on any atom is 0.209 e. The molecule has 0 aliphatic carbocycles. The molecule has 0 spiro atoms. The third-order valence-corrected chi connectivity index (χ3v) is 4.01. The lowest BCUT2D eigenvalue weighted by Gasteiger charge is -2.08. The minimum atomic E-state index is -0.226. The zero-order valence-electron chi connectivity index (χ0n) is 9.87. The number of tetrazole rings is 1. The summed E-state index contributed by atoms with van der Waals surface area (Å²) in [5.74, 6) is 0.0653. The second-order valence-corrected chi connectivity index (χ2v) is 5.94. The van der Waals surface area contributed by atoms with E-state index >= 15 is 0 Å². The van der Waals surface area contributed by atoms with Gasteiger partial charge in [-0.25, -0.2) is 4.68 Å². The van der Waals surface area contributed by atoms with E-state index in [0.717, 1.165) is 4.47 Å². The molecular formula is C11H11BrN4OS. The molecule has 0 unspecified atom stereocenters. The number of carbonyl (C=O) groups excluding carboxylic acids is 1. The number of benzene rings is 1. The lowest BCUT2D eigenvalue weighted by molar-refractivity contribution is 0.0994. The monoisotopic (exact) mass is 326 g/mol. The summed E-state index contributed by atoms with van der Waals surface area (Å²) in [6.07, 6.45) is 0. The SMILES string of the molecule is C[C@@H](Sc1nnnn1C)C(=O)c1ccc(Br)cc1. The van der Waals surface area contributed by atoms with Crippen molar-refractivity contribution in [3.8, 4) is 0 Å². The van der Waals surface area contributed by atoms with Gasteiger partial charge < -0.3 is 0 Å². The second-order valence-electron chi connectivity index (χ2n) is 3.72. The van der Waals surface area contributed by atoms with Crippen LogP contribution in [0.2, 0.25) is 0 Å². The fourth-order valence-electron chi connectivity index (χ4n) is 1.38. The van der Waals surface area contributed by atoms with Crippen LogP contribution in [0.4, 0.5) is 0 Å². The van der Waals surface area contributed by atoms with E-state index in [-0.39, 0.29) is 11.0 Å². The van der Waals surface area contributed by atoms with Gasteiger partial charge in [0.05, 0.1) is 5.25 Å². The van der Waals surface area contributed by atoms with Crippen LogP contribution in [0.5, 0.6) is 0 Å². The highest BCUT2D eigenvalue weighted by Gasteiger charge is 2.18. The molecule has 0 bridgehead atoms. The molecule has 7 heteroatoms. The zero-order chi connectivity index (χ0) is 13.1. The van der Waals surface area contributed by atoms with Gasteiger partial charge in [0.1, 0.15) is 0 Å². The number of halogens is 1. The number of ketones is 1. The Morgan fingerprint density at radius 3 is 2.61 bits per heavy atom. The van der Waals surface area contributed by atoms with Crippen LogP contribution in [0, 0.1) is 0 Å². The van der Waals surface area contributed by atoms with Gasteiger partial charge in [-0.2, -0.15) is 0 Å². The average Bonchev–Trinajstić information content (AvgIpc) is 2.75. The smallest absolute Gasteiger partial charge is 0.209 e. The third kappa shape index (κ3) is 2.97. The third-order valence-electron chi connectivity index (χ3n) is 2.36. The van der Waals surface area contributed by atoms with Crippen molar-refractivity contribution in [3.05, 3.63) is 34.3 Å². The van der Waals surface area contributed by atoms with Crippen molar-refractivity contribution in [2.45, 2.75) is 17.3 Å². The van der Waals surface area contributed by atoms with Crippen LogP contribution in [0.15, 0.2) is 33.9 Å². The number of thioether (sulfide) groups is 1. The number of rotatable bonds is 4. The molecule has 2 rings (SSSR count). The number of aromatic nitrogens is 4. The van der Waals surface area contributed by atoms with Crippen molar-refractivity contribution in [2.24, 2.45) is 7.05 Å². The minimum Gasteiger partial charge on any atom is -0.293 e. The lowest BCUT2D eigenvalue weighted by Crippen LogP contribution is -2.14. The highest BCUT2D eigenvalue weighted by molar-refractivity contribution is 9.10. The van der Waals surface area contributed by atoms with Crippen molar-refractivity contribution in [2.75, 3.05) is 0 Å². The van der Waals surface area contributed by atoms with Gasteiger partial charge in [-0.15, -0.1) is 5.10 Å². The van der Waals surface area contributed by atoms with Crippen molar-refractivity contribution in [1.29, 1.82) is 0 Å². The minimum absolute atomic E-state index is 0.0653. The van der Waals surface area contributed by atoms with E-state index in [9.17, 15) is 4.79 Å². The molecule has 0 aliphatic heterocycles. The Morgan fingerprint density at radius 1 is 1.39 bits per heavy atom. The number of carbonyl (C=O) groups is 1. The molecule has 1 aromatic carbocycles. The summed E-state index contributed by atoms with van der Waals surface area (Å²) < 4.78 is 2.51. The first-order valence-electron chi connectivity index (χ1n) is 5.26. The molecule has 1 aromatic heterocycles. The molecule has 0 N–H and O–H groups in total. The molecule has 2 aromatic rings. The molecule has 0 saturated heterocycles. The van der Waals surface area contributed by atoms with Crippen LogP contribution >= 0.6 is 27.7 Å². The lowest BCUT2D eigenvalue weighted by atomic mass is 10.1. The van der Waals surface area contributed by atoms with Gasteiger partial charge in [-0.3, -0.25) is 4.79 Å². The summed E-state index contributed by atoms with van der Waals surface area (Å²) in [6, 6.07) is 7.32. The molecule has 18 heavy (non-hydrogen) atoms. The molecule has 0 amide bonds. The average molecular weight is 327 g/mol. The topological polar surface area (TPSA) is 60.7 Å². The van der Waals surface area contributed by atoms with Crippen LogP contribution in [0.3, 0.4) is 0 Å². The quantitative estimate of drug-likeness (QED) is 0.637. The summed E-state index contributed by atoms with van der Waals surface area (Å²) in [5, 5.41) is 11.5. The Morgan fingerprint density at radius 2 is 2.06 bits per heavy atom. The standard InChI is InChI=1S/C11H11BrN4OS/c1-7(18-11-13-14-15-16(11)2)10(17)8-3-5-9(12)6-4-8/h3-7H,1-2H3/t7-/m1/s1. The highest BCUT2D eigenvalue weighted by Crippen LogP contribution is 2.23. The van der Waals surface area contributed by atoms with E-state index in [2.05, 4.69) is 31.5 Å². The number of Topliss-reactive ketones (excluding diaryl/α,β-unsaturated/α-hetero) is 1. The van der Waals surface area contributed by atoms with E-state index in [1.807, 2.05) is 19.1 Å². The summed E-state index contributed by atoms with van der Waals surface area (Å²) in [6.45, 7) is 1.85. The van der Waals surface area contributed by atoms with Gasteiger partial charge in [0.15, 0.2) is 5.78 Å². The predicted molar refractivity (Wildman–Crippen MR) is 72.6 cm³/mol. The van der Waals surface area contributed by atoms with Gasteiger partial charge in [0.25, 0.3) is 0 Å². The second kappa shape index (κ2) is 5.62. The summed E-state index contributed by atoms with van der Waals surface area (Å²) in [5.41, 5.74) is 0.688. The molecule has 0 saturated carbocycles. The van der Waals surface area contributed by atoms with Crippen molar-refractivity contribution >= 4 is 33.5 Å². The van der Waals surface area contributed by atoms with Crippen LogP contribution in [-0.4, -0.2) is 31.2 Å². The normalized spacial score (nSPS) is 12.4. The Balaban J connectivity index is 2.09. The highest BCUT2D eigenvalue weighted by atomic mass is 79.9.